The van der Waals surface area contributed by atoms with Gasteiger partial charge in [0.15, 0.2) is 0 Å². The van der Waals surface area contributed by atoms with E-state index in [2.05, 4.69) is 24.9 Å². The Kier molecular flexibility index (Phi) is 5.12. The zero-order valence-corrected chi connectivity index (χ0v) is 12.8. The van der Waals surface area contributed by atoms with Gasteiger partial charge in [0.1, 0.15) is 0 Å². The van der Waals surface area contributed by atoms with Gasteiger partial charge in [0.25, 0.3) is 0 Å². The van der Waals surface area contributed by atoms with Gasteiger partial charge in [-0.25, -0.2) is 0 Å². The Hall–Kier alpha value is -0.730. The van der Waals surface area contributed by atoms with Gasteiger partial charge < -0.3 is 10.6 Å². The highest BCUT2D eigenvalue weighted by molar-refractivity contribution is 6.33. The number of benzene rings is 1. The lowest BCUT2D eigenvalue weighted by Gasteiger charge is -2.36. The molecule has 0 heterocycles. The van der Waals surface area contributed by atoms with E-state index in [1.54, 1.807) is 0 Å². The van der Waals surface area contributed by atoms with Crippen LogP contribution in [0.4, 0.5) is 5.69 Å². The summed E-state index contributed by atoms with van der Waals surface area (Å²) in [6, 6.07) is 6.77. The van der Waals surface area contributed by atoms with Crippen LogP contribution >= 0.6 is 11.6 Å². The first kappa shape index (κ1) is 14.7. The van der Waals surface area contributed by atoms with Crippen molar-refractivity contribution in [2.75, 3.05) is 18.5 Å². The minimum Gasteiger partial charge on any atom is -0.370 e. The summed E-state index contributed by atoms with van der Waals surface area (Å²) in [7, 11) is 2.18. The average Bonchev–Trinajstić information content (AvgIpc) is 2.39. The minimum atomic E-state index is 0.618. The Bertz CT molecular complexity index is 411. The predicted molar refractivity (Wildman–Crippen MR) is 84.0 cm³/mol. The molecule has 1 aromatic rings. The Morgan fingerprint density at radius 3 is 2.58 bits per heavy atom. The number of para-hydroxylation sites is 1. The molecule has 106 valence electrons. The van der Waals surface area contributed by atoms with Crippen molar-refractivity contribution in [2.45, 2.75) is 45.1 Å². The molecular formula is C16H25ClN2. The second-order valence-electron chi connectivity index (χ2n) is 5.81. The topological polar surface area (TPSA) is 29.3 Å². The highest BCUT2D eigenvalue weighted by atomic mass is 35.5. The zero-order chi connectivity index (χ0) is 13.8. The monoisotopic (exact) mass is 280 g/mol. The van der Waals surface area contributed by atoms with Crippen molar-refractivity contribution in [3.8, 4) is 0 Å². The Labute approximate surface area is 121 Å². The third-order valence-electron chi connectivity index (χ3n) is 4.37. The first-order valence-electron chi connectivity index (χ1n) is 7.33. The number of nitrogens with two attached hydrogens (primary N) is 1. The first-order chi connectivity index (χ1) is 9.13. The van der Waals surface area contributed by atoms with Gasteiger partial charge in [-0.2, -0.15) is 0 Å². The summed E-state index contributed by atoms with van der Waals surface area (Å²) >= 11 is 6.43. The van der Waals surface area contributed by atoms with E-state index < -0.39 is 0 Å². The van der Waals surface area contributed by atoms with Gasteiger partial charge in [0, 0.05) is 13.1 Å². The number of nitrogens with zero attached hydrogens (tertiary/aromatic N) is 1. The highest BCUT2D eigenvalue weighted by Gasteiger charge is 2.24. The number of halogens is 1. The van der Waals surface area contributed by atoms with Crippen LogP contribution in [-0.2, 0) is 6.42 Å². The van der Waals surface area contributed by atoms with Crippen LogP contribution < -0.4 is 10.6 Å². The Morgan fingerprint density at radius 2 is 1.95 bits per heavy atom. The lowest BCUT2D eigenvalue weighted by Crippen LogP contribution is -2.35. The molecule has 0 amide bonds. The molecule has 0 spiro atoms. The highest BCUT2D eigenvalue weighted by Crippen LogP contribution is 2.35. The van der Waals surface area contributed by atoms with E-state index in [0.717, 1.165) is 17.4 Å². The number of anilines is 1. The van der Waals surface area contributed by atoms with E-state index in [-0.39, 0.29) is 0 Å². The second-order valence-corrected chi connectivity index (χ2v) is 6.22. The van der Waals surface area contributed by atoms with Crippen molar-refractivity contribution in [1.29, 1.82) is 0 Å². The molecule has 1 aliphatic carbocycles. The van der Waals surface area contributed by atoms with Gasteiger partial charge >= 0.3 is 0 Å². The standard InChI is InChI=1S/C16H25ClN2/c1-12-6-8-14(9-7-12)19(2)16-13(10-11-18)4-3-5-15(16)17/h3-5,12,14H,6-11,18H2,1-2H3. The molecule has 2 rings (SSSR count). The number of hydrogen-bond donors (Lipinski definition) is 1. The molecule has 1 saturated carbocycles. The van der Waals surface area contributed by atoms with Crippen LogP contribution in [0.2, 0.25) is 5.02 Å². The predicted octanol–water partition coefficient (Wildman–Crippen LogP) is 3.86. The molecule has 0 aliphatic heterocycles. The molecule has 1 aromatic carbocycles. The summed E-state index contributed by atoms with van der Waals surface area (Å²) in [5.74, 6) is 0.874. The second kappa shape index (κ2) is 6.62. The summed E-state index contributed by atoms with van der Waals surface area (Å²) in [6.07, 6.45) is 6.08. The van der Waals surface area contributed by atoms with Crippen LogP contribution in [0, 0.1) is 5.92 Å². The molecule has 0 unspecified atom stereocenters. The van der Waals surface area contributed by atoms with Crippen molar-refractivity contribution in [3.05, 3.63) is 28.8 Å². The molecule has 0 radical (unpaired) electrons. The van der Waals surface area contributed by atoms with Crippen molar-refractivity contribution < 1.29 is 0 Å². The van der Waals surface area contributed by atoms with Crippen LogP contribution in [0.15, 0.2) is 18.2 Å². The summed E-state index contributed by atoms with van der Waals surface area (Å²) in [6.45, 7) is 3.02. The smallest absolute Gasteiger partial charge is 0.0642 e. The van der Waals surface area contributed by atoms with Crippen LogP contribution in [0.25, 0.3) is 0 Å². The molecule has 19 heavy (non-hydrogen) atoms. The molecule has 1 aliphatic rings. The van der Waals surface area contributed by atoms with E-state index in [9.17, 15) is 0 Å². The van der Waals surface area contributed by atoms with Crippen molar-refractivity contribution in [2.24, 2.45) is 11.7 Å². The number of rotatable bonds is 4. The Balaban J connectivity index is 2.20. The van der Waals surface area contributed by atoms with E-state index in [4.69, 9.17) is 17.3 Å². The molecule has 3 heteroatoms. The zero-order valence-electron chi connectivity index (χ0n) is 12.0. The summed E-state index contributed by atoms with van der Waals surface area (Å²) in [5, 5.41) is 0.854. The fourth-order valence-corrected chi connectivity index (χ4v) is 3.45. The third kappa shape index (κ3) is 3.43. The first-order valence-corrected chi connectivity index (χ1v) is 7.71. The summed E-state index contributed by atoms with van der Waals surface area (Å²) in [4.78, 5) is 2.39. The van der Waals surface area contributed by atoms with Gasteiger partial charge in [-0.3, -0.25) is 0 Å². The maximum Gasteiger partial charge on any atom is 0.0642 e. The quantitative estimate of drug-likeness (QED) is 0.907. The normalized spacial score (nSPS) is 23.4. The summed E-state index contributed by atoms with van der Waals surface area (Å²) < 4.78 is 0. The van der Waals surface area contributed by atoms with Crippen LogP contribution in [-0.4, -0.2) is 19.6 Å². The van der Waals surface area contributed by atoms with E-state index in [1.165, 1.54) is 36.9 Å². The van der Waals surface area contributed by atoms with Crippen molar-refractivity contribution >= 4 is 17.3 Å². The molecule has 0 bridgehead atoms. The average molecular weight is 281 g/mol. The molecule has 1 fully saturated rings. The van der Waals surface area contributed by atoms with Gasteiger partial charge in [-0.05, 0) is 56.2 Å². The van der Waals surface area contributed by atoms with Crippen LogP contribution in [0.5, 0.6) is 0 Å². The van der Waals surface area contributed by atoms with Gasteiger partial charge in [0.05, 0.1) is 10.7 Å². The van der Waals surface area contributed by atoms with Gasteiger partial charge in [-0.15, -0.1) is 0 Å². The fourth-order valence-electron chi connectivity index (χ4n) is 3.12. The molecule has 2 N–H and O–H groups in total. The SMILES string of the molecule is CC1CCC(N(C)c2c(Cl)cccc2CCN)CC1. The van der Waals surface area contributed by atoms with E-state index in [0.29, 0.717) is 12.6 Å². The van der Waals surface area contributed by atoms with Gasteiger partial charge in [-0.1, -0.05) is 30.7 Å². The van der Waals surface area contributed by atoms with Crippen molar-refractivity contribution in [3.63, 3.8) is 0 Å². The van der Waals surface area contributed by atoms with E-state index in [1.807, 2.05) is 12.1 Å². The van der Waals surface area contributed by atoms with Crippen LogP contribution in [0.1, 0.15) is 38.2 Å². The lowest BCUT2D eigenvalue weighted by molar-refractivity contribution is 0.340. The van der Waals surface area contributed by atoms with Crippen molar-refractivity contribution in [1.82, 2.24) is 0 Å². The maximum atomic E-state index is 6.43. The molecule has 2 nitrogen and oxygen atoms in total. The van der Waals surface area contributed by atoms with E-state index >= 15 is 0 Å². The Morgan fingerprint density at radius 1 is 1.26 bits per heavy atom. The molecule has 0 aromatic heterocycles. The maximum absolute atomic E-state index is 6.43. The third-order valence-corrected chi connectivity index (χ3v) is 4.67. The van der Waals surface area contributed by atoms with Gasteiger partial charge in [0.2, 0.25) is 0 Å². The lowest BCUT2D eigenvalue weighted by atomic mass is 9.86. The molecule has 0 atom stereocenters. The molecule has 0 saturated heterocycles. The molecular weight excluding hydrogens is 256 g/mol. The number of hydrogen-bond acceptors (Lipinski definition) is 2. The summed E-state index contributed by atoms with van der Waals surface area (Å²) in [5.41, 5.74) is 8.18. The minimum absolute atomic E-state index is 0.618. The largest absolute Gasteiger partial charge is 0.370 e. The van der Waals surface area contributed by atoms with Crippen LogP contribution in [0.3, 0.4) is 0 Å². The fraction of sp³-hybridized carbons (Fsp3) is 0.625.